The number of nitrogens with zero attached hydrogens (tertiary/aromatic N) is 1. The van der Waals surface area contributed by atoms with Gasteiger partial charge in [-0.15, -0.1) is 4.91 Å². The first kappa shape index (κ1) is 4.05. The lowest BCUT2D eigenvalue weighted by molar-refractivity contribution is 0.568. The topological polar surface area (TPSA) is 42.6 Å². The number of nitroso groups, excluding NO2 is 1. The van der Waals surface area contributed by atoms with Gasteiger partial charge in [-0.2, -0.15) is 0 Å². The largest absolute Gasteiger partial charge is 0.432 e. The predicted molar refractivity (Wildman–Crippen MR) is 23.0 cm³/mol. The van der Waals surface area contributed by atoms with Gasteiger partial charge in [0.2, 0.25) is 0 Å². The van der Waals surface area contributed by atoms with Gasteiger partial charge in [-0.3, -0.25) is 0 Å². The third-order valence-electron chi connectivity index (χ3n) is 0.547. The van der Waals surface area contributed by atoms with Gasteiger partial charge in [0.05, 0.1) is 0 Å². The second-order valence-corrected chi connectivity index (χ2v) is 0.983. The molecule has 7 heavy (non-hydrogen) atoms. The van der Waals surface area contributed by atoms with Crippen molar-refractivity contribution in [2.45, 2.75) is 0 Å². The van der Waals surface area contributed by atoms with E-state index in [1.807, 2.05) is 0 Å². The molecular weight excluding hydrogens is 94.0 g/mol. The first-order chi connectivity index (χ1) is 3.43. The molecule has 0 unspecified atom stereocenters. The van der Waals surface area contributed by atoms with E-state index in [0.717, 1.165) is 0 Å². The molecule has 0 aliphatic rings. The lowest BCUT2D eigenvalue weighted by atomic mass is 10.6. The number of rotatable bonds is 1. The van der Waals surface area contributed by atoms with Gasteiger partial charge in [0.25, 0.3) is 5.88 Å². The molecule has 1 aromatic heterocycles. The van der Waals surface area contributed by atoms with Crippen molar-refractivity contribution in [2.75, 3.05) is 0 Å². The van der Waals surface area contributed by atoms with Crippen molar-refractivity contribution < 1.29 is 4.42 Å². The van der Waals surface area contributed by atoms with E-state index in [1.54, 1.807) is 0 Å². The maximum absolute atomic E-state index is 9.50. The van der Waals surface area contributed by atoms with Gasteiger partial charge in [0.15, 0.2) is 6.26 Å². The van der Waals surface area contributed by atoms with Crippen molar-refractivity contribution in [3.8, 4) is 0 Å². The van der Waals surface area contributed by atoms with Crippen molar-refractivity contribution in [2.24, 2.45) is 5.18 Å². The molecular formula is C4H2NO2. The van der Waals surface area contributed by atoms with Crippen LogP contribution in [0.4, 0.5) is 5.88 Å². The van der Waals surface area contributed by atoms with E-state index in [4.69, 9.17) is 0 Å². The zero-order chi connectivity index (χ0) is 5.11. The minimum atomic E-state index is 0.0694. The van der Waals surface area contributed by atoms with Crippen LogP contribution in [0.25, 0.3) is 0 Å². The number of furan rings is 1. The minimum absolute atomic E-state index is 0.0694. The van der Waals surface area contributed by atoms with Gasteiger partial charge in [0.1, 0.15) is 0 Å². The van der Waals surface area contributed by atoms with Gasteiger partial charge in [-0.05, 0) is 6.07 Å². The molecule has 0 fully saturated rings. The van der Waals surface area contributed by atoms with E-state index in [-0.39, 0.29) is 5.88 Å². The molecule has 0 spiro atoms. The van der Waals surface area contributed by atoms with E-state index in [0.29, 0.717) is 0 Å². The minimum Gasteiger partial charge on any atom is -0.432 e. The molecule has 0 saturated heterocycles. The third-order valence-corrected chi connectivity index (χ3v) is 0.547. The van der Waals surface area contributed by atoms with Crippen molar-refractivity contribution in [1.29, 1.82) is 0 Å². The fourth-order valence-corrected chi connectivity index (χ4v) is 0.283. The zero-order valence-electron chi connectivity index (χ0n) is 3.42. The molecule has 0 atom stereocenters. The Bertz CT molecular complexity index is 145. The van der Waals surface area contributed by atoms with Crippen LogP contribution >= 0.6 is 0 Å². The summed E-state index contributed by atoms with van der Waals surface area (Å²) < 4.78 is 4.38. The summed E-state index contributed by atoms with van der Waals surface area (Å²) in [5.41, 5.74) is 0. The molecule has 0 saturated carbocycles. The third kappa shape index (κ3) is 0.652. The summed E-state index contributed by atoms with van der Waals surface area (Å²) in [6.07, 6.45) is 2.31. The van der Waals surface area contributed by atoms with Crippen LogP contribution in [0.5, 0.6) is 0 Å². The fraction of sp³-hybridized carbons (Fsp3) is 0. The molecule has 0 aliphatic carbocycles. The molecule has 1 rings (SSSR count). The Morgan fingerprint density at radius 2 is 2.71 bits per heavy atom. The average Bonchev–Trinajstić information content (AvgIpc) is 2.14. The molecule has 0 aromatic carbocycles. The van der Waals surface area contributed by atoms with Crippen LogP contribution in [-0.4, -0.2) is 0 Å². The van der Waals surface area contributed by atoms with E-state index in [9.17, 15) is 4.91 Å². The smallest absolute Gasteiger partial charge is 0.261 e. The molecule has 0 N–H and O–H groups in total. The Labute approximate surface area is 39.9 Å². The lowest BCUT2D eigenvalue weighted by Gasteiger charge is -1.66. The summed E-state index contributed by atoms with van der Waals surface area (Å²) in [4.78, 5) is 9.50. The molecule has 0 amide bonds. The van der Waals surface area contributed by atoms with Crippen LogP contribution in [0.15, 0.2) is 21.7 Å². The van der Waals surface area contributed by atoms with E-state index < -0.39 is 0 Å². The standard InChI is InChI=1S/C4H2NO2/c6-5-4-2-1-3-7-4/h1-2H. The highest BCUT2D eigenvalue weighted by Crippen LogP contribution is 2.08. The maximum Gasteiger partial charge on any atom is 0.261 e. The molecule has 3 nitrogen and oxygen atoms in total. The Hall–Kier alpha value is -1.12. The maximum atomic E-state index is 9.50. The Morgan fingerprint density at radius 3 is 3.00 bits per heavy atom. The molecule has 3 heteroatoms. The lowest BCUT2D eigenvalue weighted by Crippen LogP contribution is -1.40. The van der Waals surface area contributed by atoms with Crippen LogP contribution < -0.4 is 0 Å². The van der Waals surface area contributed by atoms with E-state index >= 15 is 0 Å². The molecule has 1 radical (unpaired) electrons. The van der Waals surface area contributed by atoms with Gasteiger partial charge in [-0.25, -0.2) is 0 Å². The highest BCUT2D eigenvalue weighted by atomic mass is 16.4. The normalized spacial score (nSPS) is 8.57. The number of hydrogen-bond donors (Lipinski definition) is 0. The monoisotopic (exact) mass is 96.0 g/mol. The Balaban J connectivity index is 2.96. The van der Waals surface area contributed by atoms with Crippen LogP contribution in [0.3, 0.4) is 0 Å². The second-order valence-electron chi connectivity index (χ2n) is 0.983. The summed E-state index contributed by atoms with van der Waals surface area (Å²) in [6, 6.07) is 2.92. The van der Waals surface area contributed by atoms with E-state index in [2.05, 4.69) is 15.9 Å². The van der Waals surface area contributed by atoms with Gasteiger partial charge in [-0.1, -0.05) is 0 Å². The van der Waals surface area contributed by atoms with Gasteiger partial charge >= 0.3 is 0 Å². The van der Waals surface area contributed by atoms with E-state index in [1.165, 1.54) is 12.1 Å². The first-order valence-corrected chi connectivity index (χ1v) is 1.73. The van der Waals surface area contributed by atoms with Crippen LogP contribution in [0.1, 0.15) is 0 Å². The average molecular weight is 96.1 g/mol. The van der Waals surface area contributed by atoms with Crippen molar-refractivity contribution >= 4 is 5.88 Å². The highest BCUT2D eigenvalue weighted by molar-refractivity contribution is 5.19. The number of hydrogen-bond acceptors (Lipinski definition) is 3. The summed E-state index contributed by atoms with van der Waals surface area (Å²) >= 11 is 0. The summed E-state index contributed by atoms with van der Waals surface area (Å²) in [6.45, 7) is 0. The quantitative estimate of drug-likeness (QED) is 0.497. The van der Waals surface area contributed by atoms with Crippen molar-refractivity contribution in [1.82, 2.24) is 0 Å². The predicted octanol–water partition coefficient (Wildman–Crippen LogP) is 1.48. The highest BCUT2D eigenvalue weighted by Gasteiger charge is 1.87. The Morgan fingerprint density at radius 1 is 1.86 bits per heavy atom. The summed E-state index contributed by atoms with van der Waals surface area (Å²) in [5.74, 6) is 0.0694. The molecule has 0 aliphatic heterocycles. The zero-order valence-corrected chi connectivity index (χ0v) is 3.42. The van der Waals surface area contributed by atoms with Gasteiger partial charge < -0.3 is 4.42 Å². The van der Waals surface area contributed by atoms with Crippen LogP contribution in [-0.2, 0) is 0 Å². The van der Waals surface area contributed by atoms with Crippen molar-refractivity contribution in [3.05, 3.63) is 23.3 Å². The van der Waals surface area contributed by atoms with Crippen LogP contribution in [0, 0.1) is 11.2 Å². The Kier molecular flexibility index (Phi) is 0.898. The molecule has 1 aromatic rings. The molecule has 35 valence electrons. The summed E-state index contributed by atoms with van der Waals surface area (Å²) in [5, 5.41) is 2.48. The first-order valence-electron chi connectivity index (χ1n) is 1.73. The fourth-order valence-electron chi connectivity index (χ4n) is 0.283. The second kappa shape index (κ2) is 1.55. The summed E-state index contributed by atoms with van der Waals surface area (Å²) in [7, 11) is 0. The SMILES string of the molecule is O=Nc1cc[c]o1. The van der Waals surface area contributed by atoms with Crippen LogP contribution in [0.2, 0.25) is 0 Å². The molecule has 0 bridgehead atoms. The molecule has 1 heterocycles. The van der Waals surface area contributed by atoms with Gasteiger partial charge in [0, 0.05) is 11.2 Å². The van der Waals surface area contributed by atoms with Crippen molar-refractivity contribution in [3.63, 3.8) is 0 Å².